The lowest BCUT2D eigenvalue weighted by Gasteiger charge is -2.53. The first kappa shape index (κ1) is 16.6. The van der Waals surface area contributed by atoms with Crippen molar-refractivity contribution < 1.29 is 9.47 Å². The van der Waals surface area contributed by atoms with Crippen LogP contribution in [-0.2, 0) is 22.6 Å². The number of ether oxygens (including phenoxy) is 2. The van der Waals surface area contributed by atoms with E-state index in [1.807, 2.05) is 43.6 Å². The van der Waals surface area contributed by atoms with Crippen LogP contribution in [0.1, 0.15) is 29.8 Å². The van der Waals surface area contributed by atoms with Crippen molar-refractivity contribution in [3.05, 3.63) is 59.7 Å². The second-order valence-corrected chi connectivity index (χ2v) is 7.23. The van der Waals surface area contributed by atoms with Gasteiger partial charge in [0.1, 0.15) is 0 Å². The molecule has 2 fully saturated rings. The van der Waals surface area contributed by atoms with Gasteiger partial charge in [-0.1, -0.05) is 12.1 Å². The molecule has 4 rings (SSSR count). The predicted molar refractivity (Wildman–Crippen MR) is 95.0 cm³/mol. The molecule has 2 aliphatic rings. The largest absolute Gasteiger partial charge is 0.372 e. The van der Waals surface area contributed by atoms with Crippen LogP contribution in [0.2, 0.25) is 0 Å². The average molecular weight is 339 g/mol. The van der Waals surface area contributed by atoms with Gasteiger partial charge >= 0.3 is 0 Å². The second-order valence-electron chi connectivity index (χ2n) is 7.23. The van der Waals surface area contributed by atoms with E-state index in [2.05, 4.69) is 20.9 Å². The van der Waals surface area contributed by atoms with Crippen LogP contribution >= 0.6 is 0 Å². The molecule has 25 heavy (non-hydrogen) atoms. The Kier molecular flexibility index (Phi) is 4.79. The lowest BCUT2D eigenvalue weighted by molar-refractivity contribution is -0.200. The maximum Gasteiger partial charge on any atom is 0.0959 e. The van der Waals surface area contributed by atoms with Crippen molar-refractivity contribution in [3.8, 4) is 0 Å². The molecule has 2 saturated heterocycles. The highest BCUT2D eigenvalue weighted by Gasteiger charge is 2.47. The fourth-order valence-corrected chi connectivity index (χ4v) is 3.86. The summed E-state index contributed by atoms with van der Waals surface area (Å²) < 4.78 is 12.3. The summed E-state index contributed by atoms with van der Waals surface area (Å²) in [4.78, 5) is 11.1. The molecule has 0 radical (unpaired) electrons. The number of aromatic nitrogens is 2. The molecule has 0 bridgehead atoms. The van der Waals surface area contributed by atoms with Gasteiger partial charge in [0.05, 0.1) is 24.0 Å². The Bertz CT molecular complexity index is 701. The van der Waals surface area contributed by atoms with Gasteiger partial charge in [-0.2, -0.15) is 0 Å². The molecule has 0 saturated carbocycles. The molecule has 0 aromatic carbocycles. The van der Waals surface area contributed by atoms with Crippen LogP contribution in [0.25, 0.3) is 0 Å². The van der Waals surface area contributed by atoms with Crippen molar-refractivity contribution in [1.29, 1.82) is 0 Å². The Morgan fingerprint density at radius 2 is 2.20 bits per heavy atom. The van der Waals surface area contributed by atoms with E-state index < -0.39 is 0 Å². The van der Waals surface area contributed by atoms with E-state index in [1.165, 1.54) is 5.56 Å². The monoisotopic (exact) mass is 339 g/mol. The lowest BCUT2D eigenvalue weighted by atomic mass is 9.84. The maximum atomic E-state index is 6.14. The maximum absolute atomic E-state index is 6.14. The quantitative estimate of drug-likeness (QED) is 0.838. The minimum atomic E-state index is -0.0227. The Morgan fingerprint density at radius 1 is 1.28 bits per heavy atom. The first-order valence-electron chi connectivity index (χ1n) is 9.00. The van der Waals surface area contributed by atoms with E-state index in [0.29, 0.717) is 6.61 Å². The molecule has 1 unspecified atom stereocenters. The van der Waals surface area contributed by atoms with Crippen molar-refractivity contribution in [2.75, 3.05) is 19.7 Å². The highest BCUT2D eigenvalue weighted by Crippen LogP contribution is 2.36. The molecule has 5 nitrogen and oxygen atoms in total. The highest BCUT2D eigenvalue weighted by molar-refractivity contribution is 5.11. The number of likely N-dealkylation sites (tertiary alicyclic amines) is 1. The summed E-state index contributed by atoms with van der Waals surface area (Å²) in [5.41, 5.74) is 3.28. The van der Waals surface area contributed by atoms with Crippen molar-refractivity contribution in [3.63, 3.8) is 0 Å². The Morgan fingerprint density at radius 3 is 3.00 bits per heavy atom. The van der Waals surface area contributed by atoms with Gasteiger partial charge < -0.3 is 9.47 Å². The lowest BCUT2D eigenvalue weighted by Crippen LogP contribution is -2.65. The number of pyridine rings is 2. The zero-order valence-electron chi connectivity index (χ0n) is 14.7. The molecule has 2 aromatic rings. The van der Waals surface area contributed by atoms with E-state index in [9.17, 15) is 0 Å². The molecule has 2 aromatic heterocycles. The molecule has 5 heteroatoms. The topological polar surface area (TPSA) is 47.5 Å². The zero-order valence-corrected chi connectivity index (χ0v) is 14.7. The number of nitrogens with zero attached hydrogens (tertiary/aromatic N) is 3. The number of aryl methyl sites for hydroxylation is 1. The summed E-state index contributed by atoms with van der Waals surface area (Å²) in [7, 11) is 0. The molecular formula is C20H25N3O2. The molecular weight excluding hydrogens is 314 g/mol. The highest BCUT2D eigenvalue weighted by atomic mass is 16.5. The van der Waals surface area contributed by atoms with Crippen molar-refractivity contribution >= 4 is 0 Å². The van der Waals surface area contributed by atoms with E-state index in [-0.39, 0.29) is 11.7 Å². The number of hydrogen-bond acceptors (Lipinski definition) is 5. The van der Waals surface area contributed by atoms with Gasteiger partial charge in [0.15, 0.2) is 0 Å². The predicted octanol–water partition coefficient (Wildman–Crippen LogP) is 2.74. The van der Waals surface area contributed by atoms with E-state index in [0.717, 1.165) is 50.5 Å². The summed E-state index contributed by atoms with van der Waals surface area (Å²) in [6.45, 7) is 6.28. The van der Waals surface area contributed by atoms with Crippen LogP contribution in [0.15, 0.2) is 42.7 Å². The molecule has 0 aliphatic carbocycles. The molecule has 1 spiro atoms. The van der Waals surface area contributed by atoms with E-state index in [4.69, 9.17) is 9.47 Å². The van der Waals surface area contributed by atoms with Crippen LogP contribution in [0.4, 0.5) is 0 Å². The first-order chi connectivity index (χ1) is 12.2. The molecule has 2 aliphatic heterocycles. The van der Waals surface area contributed by atoms with Gasteiger partial charge in [0.25, 0.3) is 0 Å². The third-order valence-electron chi connectivity index (χ3n) is 5.01. The summed E-state index contributed by atoms with van der Waals surface area (Å²) in [5.74, 6) is 0. The zero-order chi connectivity index (χ0) is 17.1. The van der Waals surface area contributed by atoms with E-state index in [1.54, 1.807) is 0 Å². The van der Waals surface area contributed by atoms with Gasteiger partial charge in [-0.25, -0.2) is 0 Å². The summed E-state index contributed by atoms with van der Waals surface area (Å²) in [5, 5.41) is 0. The number of rotatable bonds is 5. The van der Waals surface area contributed by atoms with Crippen LogP contribution < -0.4 is 0 Å². The van der Waals surface area contributed by atoms with Gasteiger partial charge in [-0.05, 0) is 37.1 Å². The fourth-order valence-electron chi connectivity index (χ4n) is 3.86. The van der Waals surface area contributed by atoms with Crippen molar-refractivity contribution in [1.82, 2.24) is 14.9 Å². The first-order valence-corrected chi connectivity index (χ1v) is 9.00. The normalized spacial score (nSPS) is 22.7. The second kappa shape index (κ2) is 7.20. The Labute approximate surface area is 149 Å². The molecule has 0 amide bonds. The van der Waals surface area contributed by atoms with Crippen LogP contribution in [-0.4, -0.2) is 46.3 Å². The summed E-state index contributed by atoms with van der Waals surface area (Å²) in [6.07, 6.45) is 5.96. The van der Waals surface area contributed by atoms with Crippen LogP contribution in [0.3, 0.4) is 0 Å². The standard InChI is InChI=1S/C20H25N3O2/c1-16-4-2-6-18(22-16)13-24-19-7-9-25-20(10-19)14-23(15-20)12-17-5-3-8-21-11-17/h2-6,8,11,19H,7,9-10,12-15H2,1H3. The van der Waals surface area contributed by atoms with Gasteiger partial charge in [-0.3, -0.25) is 14.9 Å². The molecule has 1 atom stereocenters. The SMILES string of the molecule is Cc1cccc(COC2CCOC3(C2)CN(Cc2cccnc2)C3)n1. The average Bonchev–Trinajstić information content (AvgIpc) is 2.60. The van der Waals surface area contributed by atoms with E-state index >= 15 is 0 Å². The number of hydrogen-bond donors (Lipinski definition) is 0. The van der Waals surface area contributed by atoms with Crippen LogP contribution in [0, 0.1) is 6.92 Å². The summed E-state index contributed by atoms with van der Waals surface area (Å²) >= 11 is 0. The molecule has 4 heterocycles. The third-order valence-corrected chi connectivity index (χ3v) is 5.01. The Hall–Kier alpha value is -1.82. The van der Waals surface area contributed by atoms with Crippen molar-refractivity contribution in [2.24, 2.45) is 0 Å². The molecule has 132 valence electrons. The van der Waals surface area contributed by atoms with Gasteiger partial charge in [0.2, 0.25) is 0 Å². The Balaban J connectivity index is 1.27. The van der Waals surface area contributed by atoms with Gasteiger partial charge in [0, 0.05) is 50.7 Å². The summed E-state index contributed by atoms with van der Waals surface area (Å²) in [6, 6.07) is 10.2. The third kappa shape index (κ3) is 4.06. The van der Waals surface area contributed by atoms with Crippen LogP contribution in [0.5, 0.6) is 0 Å². The molecule has 0 N–H and O–H groups in total. The fraction of sp³-hybridized carbons (Fsp3) is 0.500. The minimum Gasteiger partial charge on any atom is -0.372 e. The van der Waals surface area contributed by atoms with Gasteiger partial charge in [-0.15, -0.1) is 0 Å². The smallest absolute Gasteiger partial charge is 0.0959 e. The minimum absolute atomic E-state index is 0.0227. The van der Waals surface area contributed by atoms with Crippen molar-refractivity contribution in [2.45, 2.75) is 44.6 Å².